The first-order chi connectivity index (χ1) is 12.3. The van der Waals surface area contributed by atoms with Crippen molar-refractivity contribution in [1.82, 2.24) is 9.62 Å². The number of nitrogens with one attached hydrogen (secondary N) is 1. The third-order valence-corrected chi connectivity index (χ3v) is 6.27. The van der Waals surface area contributed by atoms with E-state index in [4.69, 9.17) is 10.5 Å². The maximum Gasteiger partial charge on any atom is 0.458 e. The minimum Gasteiger partial charge on any atom is -0.370 e. The Kier molecular flexibility index (Phi) is 4.49. The summed E-state index contributed by atoms with van der Waals surface area (Å²) >= 11 is 0. The van der Waals surface area contributed by atoms with E-state index in [0.717, 1.165) is 4.31 Å². The summed E-state index contributed by atoms with van der Waals surface area (Å²) in [5, 5.41) is 2.84. The molecule has 2 atom stereocenters. The molecular formula is C14H14F5N3O4S. The smallest absolute Gasteiger partial charge is 0.370 e. The van der Waals surface area contributed by atoms with Crippen LogP contribution in [0.15, 0.2) is 29.2 Å². The Hall–Kier alpha value is -1.83. The molecule has 1 aromatic rings. The minimum absolute atomic E-state index is 0.105. The van der Waals surface area contributed by atoms with Crippen molar-refractivity contribution in [2.45, 2.75) is 35.4 Å². The van der Waals surface area contributed by atoms with Gasteiger partial charge in [0.2, 0.25) is 15.9 Å². The number of primary amides is 1. The molecule has 2 aliphatic rings. The molecule has 1 amide bonds. The molecule has 0 bridgehead atoms. The molecule has 3 N–H and O–H groups in total. The average molecular weight is 415 g/mol. The highest BCUT2D eigenvalue weighted by Crippen LogP contribution is 2.47. The highest BCUT2D eigenvalue weighted by atomic mass is 32.2. The predicted octanol–water partition coefficient (Wildman–Crippen LogP) is 0.863. The van der Waals surface area contributed by atoms with Crippen LogP contribution < -0.4 is 11.1 Å². The van der Waals surface area contributed by atoms with Crippen molar-refractivity contribution in [2.75, 3.05) is 13.1 Å². The van der Waals surface area contributed by atoms with Crippen molar-refractivity contribution in [3.05, 3.63) is 29.8 Å². The molecule has 0 spiro atoms. The molecule has 2 unspecified atom stereocenters. The summed E-state index contributed by atoms with van der Waals surface area (Å²) in [6, 6.07) is 2.10. The third kappa shape index (κ3) is 3.17. The van der Waals surface area contributed by atoms with Crippen LogP contribution in [0.1, 0.15) is 12.0 Å². The quantitative estimate of drug-likeness (QED) is 0.548. The van der Waals surface area contributed by atoms with Gasteiger partial charge in [0.15, 0.2) is 12.0 Å². The number of fused-ring (bicyclic) bond motifs is 1. The Morgan fingerprint density at radius 3 is 2.37 bits per heavy atom. The Morgan fingerprint density at radius 2 is 1.85 bits per heavy atom. The second-order valence-corrected chi connectivity index (χ2v) is 7.98. The molecule has 2 fully saturated rings. The monoisotopic (exact) mass is 415 g/mol. The van der Waals surface area contributed by atoms with E-state index >= 15 is 0 Å². The number of alkyl halides is 5. The van der Waals surface area contributed by atoms with E-state index in [-0.39, 0.29) is 13.1 Å². The maximum absolute atomic E-state index is 13.4. The number of piperazine rings is 1. The number of carbonyl (C=O) groups is 1. The van der Waals surface area contributed by atoms with Crippen molar-refractivity contribution >= 4 is 15.9 Å². The lowest BCUT2D eigenvalue weighted by Gasteiger charge is -2.31. The molecule has 13 heteroatoms. The van der Waals surface area contributed by atoms with Gasteiger partial charge in [-0.1, -0.05) is 12.1 Å². The zero-order valence-electron chi connectivity index (χ0n) is 13.5. The van der Waals surface area contributed by atoms with Gasteiger partial charge in [0.1, 0.15) is 0 Å². The normalized spacial score (nSPS) is 26.5. The van der Waals surface area contributed by atoms with Crippen molar-refractivity contribution in [3.63, 3.8) is 0 Å². The average Bonchev–Trinajstić information content (AvgIpc) is 3.26. The van der Waals surface area contributed by atoms with E-state index in [1.807, 2.05) is 0 Å². The summed E-state index contributed by atoms with van der Waals surface area (Å²) in [7, 11) is -4.34. The largest absolute Gasteiger partial charge is 0.458 e. The molecule has 0 radical (unpaired) electrons. The molecule has 2 saturated heterocycles. The summed E-state index contributed by atoms with van der Waals surface area (Å²) in [5.74, 6) is -5.94. The van der Waals surface area contributed by atoms with Gasteiger partial charge in [0.25, 0.3) is 0 Å². The minimum atomic E-state index is -5.81. The van der Waals surface area contributed by atoms with Crippen LogP contribution in [0.4, 0.5) is 22.0 Å². The number of ether oxygens (including phenoxy) is 1. The van der Waals surface area contributed by atoms with Crippen LogP contribution in [-0.4, -0.2) is 49.8 Å². The molecule has 2 aliphatic heterocycles. The molecule has 0 aliphatic carbocycles. The number of carbonyl (C=O) groups excluding carboxylic acids is 1. The van der Waals surface area contributed by atoms with Crippen molar-refractivity contribution in [1.29, 1.82) is 0 Å². The first-order valence-corrected chi connectivity index (χ1v) is 9.04. The Balaban J connectivity index is 1.92. The Bertz CT molecular complexity index is 858. The number of amides is 1. The summed E-state index contributed by atoms with van der Waals surface area (Å²) in [5.41, 5.74) is 2.21. The fourth-order valence-electron chi connectivity index (χ4n) is 2.97. The summed E-state index contributed by atoms with van der Waals surface area (Å²) in [6.07, 6.45) is -7.01. The number of nitrogens with two attached hydrogens (primary N) is 1. The second kappa shape index (κ2) is 6.09. The Labute approximate surface area is 150 Å². The van der Waals surface area contributed by atoms with E-state index in [1.54, 1.807) is 0 Å². The van der Waals surface area contributed by atoms with Crippen molar-refractivity contribution in [3.8, 4) is 0 Å². The highest BCUT2D eigenvalue weighted by Gasteiger charge is 2.66. The molecule has 0 saturated carbocycles. The number of hydrogen-bond donors (Lipinski definition) is 2. The van der Waals surface area contributed by atoms with Gasteiger partial charge in [-0.3, -0.25) is 10.1 Å². The molecule has 2 heterocycles. The number of epoxide rings is 1. The van der Waals surface area contributed by atoms with Gasteiger partial charge in [0, 0.05) is 18.7 Å². The Morgan fingerprint density at radius 1 is 1.26 bits per heavy atom. The van der Waals surface area contributed by atoms with Gasteiger partial charge < -0.3 is 10.5 Å². The van der Waals surface area contributed by atoms with Crippen LogP contribution in [0.5, 0.6) is 0 Å². The van der Waals surface area contributed by atoms with Crippen LogP contribution in [0.2, 0.25) is 0 Å². The molecule has 27 heavy (non-hydrogen) atoms. The topological polar surface area (TPSA) is 105 Å². The van der Waals surface area contributed by atoms with Crippen LogP contribution in [0.3, 0.4) is 0 Å². The lowest BCUT2D eigenvalue weighted by Crippen LogP contribution is -2.55. The van der Waals surface area contributed by atoms with Gasteiger partial charge in [-0.25, -0.2) is 8.42 Å². The predicted molar refractivity (Wildman–Crippen MR) is 79.7 cm³/mol. The van der Waals surface area contributed by atoms with E-state index in [9.17, 15) is 35.2 Å². The van der Waals surface area contributed by atoms with Crippen LogP contribution >= 0.6 is 0 Å². The highest BCUT2D eigenvalue weighted by molar-refractivity contribution is 7.89. The van der Waals surface area contributed by atoms with Crippen molar-refractivity contribution < 1.29 is 39.9 Å². The molecule has 0 aromatic heterocycles. The van der Waals surface area contributed by atoms with E-state index in [2.05, 4.69) is 5.32 Å². The van der Waals surface area contributed by atoms with Crippen LogP contribution in [-0.2, 0) is 25.5 Å². The van der Waals surface area contributed by atoms with E-state index in [1.165, 1.54) is 0 Å². The third-order valence-electron chi connectivity index (χ3n) is 4.33. The summed E-state index contributed by atoms with van der Waals surface area (Å²) in [4.78, 5) is 10.8. The number of sulfonamides is 1. The number of halogens is 5. The number of nitrogens with zero attached hydrogens (tertiary/aromatic N) is 1. The standard InChI is InChI=1S/C14H14F5N3O4S/c15-13(16,14(17,18)19)8-1-3-9(4-2-8)27(24,25)22-6-5-21-11-12(22,26-11)7-10(20)23/h1-4,11,21H,5-7H2,(H2,20,23). The first-order valence-electron chi connectivity index (χ1n) is 7.60. The van der Waals surface area contributed by atoms with Crippen LogP contribution in [0.25, 0.3) is 0 Å². The van der Waals surface area contributed by atoms with Gasteiger partial charge in [-0.15, -0.1) is 0 Å². The van der Waals surface area contributed by atoms with E-state index < -0.39 is 56.9 Å². The number of hydrogen-bond acceptors (Lipinski definition) is 5. The van der Waals surface area contributed by atoms with Gasteiger partial charge in [-0.05, 0) is 12.1 Å². The SMILES string of the molecule is NC(=O)CC12OC1NCCN2S(=O)(=O)c1ccc(C(F)(F)C(F)(F)F)cc1. The number of benzene rings is 1. The zero-order chi connectivity index (χ0) is 20.3. The van der Waals surface area contributed by atoms with Gasteiger partial charge in [0.05, 0.1) is 11.3 Å². The first kappa shape index (κ1) is 19.9. The lowest BCUT2D eigenvalue weighted by molar-refractivity contribution is -0.289. The second-order valence-electron chi connectivity index (χ2n) is 6.11. The molecule has 150 valence electrons. The molecular weight excluding hydrogens is 401 g/mol. The molecule has 3 rings (SSSR count). The summed E-state index contributed by atoms with van der Waals surface area (Å²) < 4.78 is 95.8. The maximum atomic E-state index is 13.4. The fraction of sp³-hybridized carbons (Fsp3) is 0.500. The van der Waals surface area contributed by atoms with Gasteiger partial charge >= 0.3 is 12.1 Å². The van der Waals surface area contributed by atoms with Crippen molar-refractivity contribution in [2.24, 2.45) is 5.73 Å². The van der Waals surface area contributed by atoms with Crippen LogP contribution in [0, 0.1) is 0 Å². The molecule has 1 aromatic carbocycles. The van der Waals surface area contributed by atoms with E-state index in [0.29, 0.717) is 24.3 Å². The molecule has 7 nitrogen and oxygen atoms in total. The summed E-state index contributed by atoms with van der Waals surface area (Å²) in [6.45, 7) is 0.0845. The zero-order valence-corrected chi connectivity index (χ0v) is 14.3. The lowest BCUT2D eigenvalue weighted by atomic mass is 10.1. The van der Waals surface area contributed by atoms with Gasteiger partial charge in [-0.2, -0.15) is 26.3 Å². The fourth-order valence-corrected chi connectivity index (χ4v) is 4.65. The number of rotatable bonds is 5.